The molecule has 0 bridgehead atoms. The van der Waals surface area contributed by atoms with Gasteiger partial charge in [0.1, 0.15) is 11.5 Å². The number of fused-ring (bicyclic) bond motifs is 1. The van der Waals surface area contributed by atoms with Gasteiger partial charge in [0.25, 0.3) is 5.91 Å². The number of carbonyl (C=O) groups excluding carboxylic acids is 1. The molecule has 1 aromatic heterocycles. The molecule has 3 aromatic rings. The second-order valence-electron chi connectivity index (χ2n) is 4.73. The maximum absolute atomic E-state index is 13.1. The van der Waals surface area contributed by atoms with Crippen molar-refractivity contribution in [1.29, 1.82) is 0 Å². The van der Waals surface area contributed by atoms with Crippen molar-refractivity contribution in [3.63, 3.8) is 0 Å². The van der Waals surface area contributed by atoms with Crippen LogP contribution < -0.4 is 5.32 Å². The second-order valence-corrected chi connectivity index (χ2v) is 5.16. The van der Waals surface area contributed by atoms with Crippen LogP contribution in [0.3, 0.4) is 0 Å². The molecule has 2 N–H and O–H groups in total. The number of hydrogen-bond acceptors (Lipinski definition) is 1. The van der Waals surface area contributed by atoms with Crippen LogP contribution in [0, 0.1) is 5.82 Å². The van der Waals surface area contributed by atoms with Crippen molar-refractivity contribution in [2.75, 3.05) is 0 Å². The average molecular weight is 303 g/mol. The summed E-state index contributed by atoms with van der Waals surface area (Å²) in [6.45, 7) is 0.378. The number of aromatic nitrogens is 1. The molecule has 5 heteroatoms. The van der Waals surface area contributed by atoms with Crippen LogP contribution in [0.1, 0.15) is 16.1 Å². The van der Waals surface area contributed by atoms with E-state index in [1.54, 1.807) is 24.3 Å². The van der Waals surface area contributed by atoms with Crippen LogP contribution in [0.5, 0.6) is 0 Å². The zero-order valence-corrected chi connectivity index (χ0v) is 11.7. The van der Waals surface area contributed by atoms with Crippen LogP contribution in [0.25, 0.3) is 10.9 Å². The highest BCUT2D eigenvalue weighted by Crippen LogP contribution is 2.17. The lowest BCUT2D eigenvalue weighted by molar-refractivity contribution is 0.0947. The number of amides is 1. The van der Waals surface area contributed by atoms with E-state index in [-0.39, 0.29) is 11.7 Å². The van der Waals surface area contributed by atoms with Crippen LogP contribution in [0.15, 0.2) is 48.5 Å². The standard InChI is InChI=1S/C16H12ClFN2O/c17-12-3-1-2-10(6-12)9-19-16(21)15-8-11-7-13(18)4-5-14(11)20-15/h1-8,20H,9H2,(H,19,21). The highest BCUT2D eigenvalue weighted by Gasteiger charge is 2.09. The van der Waals surface area contributed by atoms with Gasteiger partial charge in [0.15, 0.2) is 0 Å². The van der Waals surface area contributed by atoms with E-state index in [1.807, 2.05) is 12.1 Å². The Morgan fingerprint density at radius 1 is 1.19 bits per heavy atom. The fourth-order valence-corrected chi connectivity index (χ4v) is 2.36. The molecule has 1 heterocycles. The average Bonchev–Trinajstić information content (AvgIpc) is 2.88. The van der Waals surface area contributed by atoms with Gasteiger partial charge in [0, 0.05) is 22.5 Å². The molecule has 106 valence electrons. The Kier molecular flexibility index (Phi) is 3.62. The van der Waals surface area contributed by atoms with Crippen molar-refractivity contribution in [3.05, 3.63) is 70.6 Å². The lowest BCUT2D eigenvalue weighted by Crippen LogP contribution is -2.23. The van der Waals surface area contributed by atoms with Gasteiger partial charge in [-0.1, -0.05) is 23.7 Å². The molecule has 0 radical (unpaired) electrons. The summed E-state index contributed by atoms with van der Waals surface area (Å²) in [7, 11) is 0. The molecule has 0 saturated carbocycles. The van der Waals surface area contributed by atoms with Gasteiger partial charge in [0.2, 0.25) is 0 Å². The molecule has 0 aliphatic rings. The number of halogens is 2. The summed E-state index contributed by atoms with van der Waals surface area (Å²) in [5, 5.41) is 4.09. The summed E-state index contributed by atoms with van der Waals surface area (Å²) in [6.07, 6.45) is 0. The molecule has 0 fully saturated rings. The molecule has 0 unspecified atom stereocenters. The Balaban J connectivity index is 1.74. The molecule has 3 rings (SSSR count). The molecule has 0 saturated heterocycles. The Labute approximate surface area is 125 Å². The third kappa shape index (κ3) is 3.06. The van der Waals surface area contributed by atoms with E-state index in [0.29, 0.717) is 22.6 Å². The number of rotatable bonds is 3. The van der Waals surface area contributed by atoms with Crippen LogP contribution >= 0.6 is 11.6 Å². The molecular formula is C16H12ClFN2O. The summed E-state index contributed by atoms with van der Waals surface area (Å²) < 4.78 is 13.1. The number of aromatic amines is 1. The molecule has 0 aliphatic heterocycles. The number of nitrogens with one attached hydrogen (secondary N) is 2. The zero-order valence-electron chi connectivity index (χ0n) is 11.0. The Morgan fingerprint density at radius 3 is 2.86 bits per heavy atom. The van der Waals surface area contributed by atoms with Crippen molar-refractivity contribution >= 4 is 28.4 Å². The Bertz CT molecular complexity index is 813. The van der Waals surface area contributed by atoms with Gasteiger partial charge in [-0.15, -0.1) is 0 Å². The first-order valence-corrected chi connectivity index (χ1v) is 6.80. The summed E-state index contributed by atoms with van der Waals surface area (Å²) >= 11 is 5.89. The molecule has 1 amide bonds. The third-order valence-corrected chi connectivity index (χ3v) is 3.40. The monoisotopic (exact) mass is 302 g/mol. The van der Waals surface area contributed by atoms with Crippen LogP contribution in [-0.4, -0.2) is 10.9 Å². The van der Waals surface area contributed by atoms with E-state index in [9.17, 15) is 9.18 Å². The van der Waals surface area contributed by atoms with Gasteiger partial charge in [-0.2, -0.15) is 0 Å². The lowest BCUT2D eigenvalue weighted by atomic mass is 10.2. The SMILES string of the molecule is O=C(NCc1cccc(Cl)c1)c1cc2cc(F)ccc2[nH]1. The minimum Gasteiger partial charge on any atom is -0.351 e. The smallest absolute Gasteiger partial charge is 0.267 e. The predicted octanol–water partition coefficient (Wildman–Crippen LogP) is 3.89. The van der Waals surface area contributed by atoms with Crippen LogP contribution in [0.4, 0.5) is 4.39 Å². The minimum absolute atomic E-state index is 0.244. The van der Waals surface area contributed by atoms with Crippen LogP contribution in [0.2, 0.25) is 5.02 Å². The maximum atomic E-state index is 13.1. The topological polar surface area (TPSA) is 44.9 Å². The van der Waals surface area contributed by atoms with E-state index in [1.165, 1.54) is 12.1 Å². The first kappa shape index (κ1) is 13.6. The first-order chi connectivity index (χ1) is 10.1. The fourth-order valence-electron chi connectivity index (χ4n) is 2.15. The van der Waals surface area contributed by atoms with E-state index in [4.69, 9.17) is 11.6 Å². The summed E-state index contributed by atoms with van der Waals surface area (Å²) in [5.74, 6) is -0.570. The van der Waals surface area contributed by atoms with E-state index in [2.05, 4.69) is 10.3 Å². The Hall–Kier alpha value is -2.33. The summed E-state index contributed by atoms with van der Waals surface area (Å²) in [6, 6.07) is 13.3. The van der Waals surface area contributed by atoms with Crippen molar-refractivity contribution < 1.29 is 9.18 Å². The molecule has 0 spiro atoms. The first-order valence-electron chi connectivity index (χ1n) is 6.43. The number of hydrogen-bond donors (Lipinski definition) is 2. The predicted molar refractivity (Wildman–Crippen MR) is 80.9 cm³/mol. The van der Waals surface area contributed by atoms with Gasteiger partial charge < -0.3 is 10.3 Å². The normalized spacial score (nSPS) is 10.8. The molecule has 0 aliphatic carbocycles. The van der Waals surface area contributed by atoms with E-state index in [0.717, 1.165) is 11.1 Å². The maximum Gasteiger partial charge on any atom is 0.267 e. The Morgan fingerprint density at radius 2 is 2.05 bits per heavy atom. The van der Waals surface area contributed by atoms with Gasteiger partial charge in [0.05, 0.1) is 0 Å². The van der Waals surface area contributed by atoms with Gasteiger partial charge in [-0.3, -0.25) is 4.79 Å². The highest BCUT2D eigenvalue weighted by atomic mass is 35.5. The molecular weight excluding hydrogens is 291 g/mol. The highest BCUT2D eigenvalue weighted by molar-refractivity contribution is 6.30. The molecule has 0 atom stereocenters. The van der Waals surface area contributed by atoms with Gasteiger partial charge in [-0.05, 0) is 42.0 Å². The van der Waals surface area contributed by atoms with Gasteiger partial charge >= 0.3 is 0 Å². The van der Waals surface area contributed by atoms with Crippen molar-refractivity contribution in [2.45, 2.75) is 6.54 Å². The molecule has 21 heavy (non-hydrogen) atoms. The quantitative estimate of drug-likeness (QED) is 0.757. The van der Waals surface area contributed by atoms with E-state index < -0.39 is 0 Å². The summed E-state index contributed by atoms with van der Waals surface area (Å²) in [5.41, 5.74) is 2.04. The third-order valence-electron chi connectivity index (χ3n) is 3.17. The van der Waals surface area contributed by atoms with Crippen molar-refractivity contribution in [2.24, 2.45) is 0 Å². The molecule has 2 aromatic carbocycles. The number of H-pyrrole nitrogens is 1. The van der Waals surface area contributed by atoms with E-state index >= 15 is 0 Å². The number of benzene rings is 2. The molecule has 3 nitrogen and oxygen atoms in total. The minimum atomic E-state index is -0.326. The van der Waals surface area contributed by atoms with Crippen molar-refractivity contribution in [1.82, 2.24) is 10.3 Å². The second kappa shape index (κ2) is 5.58. The van der Waals surface area contributed by atoms with Gasteiger partial charge in [-0.25, -0.2) is 4.39 Å². The largest absolute Gasteiger partial charge is 0.351 e. The fraction of sp³-hybridized carbons (Fsp3) is 0.0625. The summed E-state index contributed by atoms with van der Waals surface area (Å²) in [4.78, 5) is 15.1. The van der Waals surface area contributed by atoms with Crippen LogP contribution in [-0.2, 0) is 6.54 Å². The number of carbonyl (C=O) groups is 1. The van der Waals surface area contributed by atoms with Crippen molar-refractivity contribution in [3.8, 4) is 0 Å². The lowest BCUT2D eigenvalue weighted by Gasteiger charge is -2.04. The zero-order chi connectivity index (χ0) is 14.8.